The van der Waals surface area contributed by atoms with E-state index in [4.69, 9.17) is 0 Å². The van der Waals surface area contributed by atoms with E-state index >= 15 is 0 Å². The molecule has 2 aliphatic heterocycles. The van der Waals surface area contributed by atoms with Gasteiger partial charge in [-0.05, 0) is 31.2 Å². The third-order valence-corrected chi connectivity index (χ3v) is 4.93. The van der Waals surface area contributed by atoms with Gasteiger partial charge in [-0.15, -0.1) is 0 Å². The van der Waals surface area contributed by atoms with Crippen LogP contribution in [-0.4, -0.2) is 52.4 Å². The van der Waals surface area contributed by atoms with Crippen molar-refractivity contribution in [2.75, 3.05) is 19.6 Å². The van der Waals surface area contributed by atoms with Gasteiger partial charge >= 0.3 is 0 Å². The van der Waals surface area contributed by atoms with Crippen LogP contribution in [0.2, 0.25) is 0 Å². The first-order chi connectivity index (χ1) is 11.2. The fraction of sp³-hybridized carbons (Fsp3) is 0.556. The van der Waals surface area contributed by atoms with E-state index in [1.54, 1.807) is 17.0 Å². The van der Waals surface area contributed by atoms with Crippen LogP contribution in [0.5, 0.6) is 0 Å². The second kappa shape index (κ2) is 7.13. The Morgan fingerprint density at radius 2 is 1.78 bits per heavy atom. The summed E-state index contributed by atoms with van der Waals surface area (Å²) in [6.07, 6.45) is 3.25. The average Bonchev–Trinajstić information content (AvgIpc) is 2.62. The molecule has 3 rings (SSSR count). The highest BCUT2D eigenvalue weighted by Crippen LogP contribution is 2.24. The van der Waals surface area contributed by atoms with Crippen molar-refractivity contribution in [1.29, 1.82) is 0 Å². The number of hydrogen-bond donors (Lipinski definition) is 1. The predicted octanol–water partition coefficient (Wildman–Crippen LogP) is 1.72. The third-order valence-electron chi connectivity index (χ3n) is 4.93. The molecule has 0 aromatic heterocycles. The molecular weight excluding hydrogens is 292 g/mol. The molecule has 5 nitrogen and oxygen atoms in total. The first-order valence-corrected chi connectivity index (χ1v) is 8.48. The van der Waals surface area contributed by atoms with Crippen molar-refractivity contribution in [2.24, 2.45) is 0 Å². The van der Waals surface area contributed by atoms with E-state index in [-0.39, 0.29) is 17.9 Å². The molecule has 0 spiro atoms. The molecule has 23 heavy (non-hydrogen) atoms. The molecule has 0 radical (unpaired) electrons. The summed E-state index contributed by atoms with van der Waals surface area (Å²) in [4.78, 5) is 28.2. The van der Waals surface area contributed by atoms with Gasteiger partial charge in [0.2, 0.25) is 5.91 Å². The molecule has 2 fully saturated rings. The van der Waals surface area contributed by atoms with Gasteiger partial charge in [-0.25, -0.2) is 0 Å². The normalized spacial score (nSPS) is 21.3. The molecule has 1 aromatic carbocycles. The van der Waals surface area contributed by atoms with Crippen molar-refractivity contribution in [1.82, 2.24) is 9.80 Å². The number of hydrogen-bond acceptors (Lipinski definition) is 3. The second-order valence-corrected chi connectivity index (χ2v) is 6.41. The van der Waals surface area contributed by atoms with Crippen molar-refractivity contribution >= 4 is 11.8 Å². The summed E-state index contributed by atoms with van der Waals surface area (Å²) in [5.41, 5.74) is 0.630. The largest absolute Gasteiger partial charge is 0.378 e. The summed E-state index contributed by atoms with van der Waals surface area (Å²) in [7, 11) is 0. The van der Waals surface area contributed by atoms with Gasteiger partial charge in [0.25, 0.3) is 5.91 Å². The number of aliphatic hydroxyl groups excluding tert-OH is 1. The molecule has 2 amide bonds. The minimum atomic E-state index is -1.09. The summed E-state index contributed by atoms with van der Waals surface area (Å²) in [6, 6.07) is 9.28. The maximum absolute atomic E-state index is 12.4. The third kappa shape index (κ3) is 3.55. The zero-order chi connectivity index (χ0) is 16.2. The maximum atomic E-state index is 12.4. The molecule has 0 aliphatic carbocycles. The second-order valence-electron chi connectivity index (χ2n) is 6.41. The fourth-order valence-electron chi connectivity index (χ4n) is 3.56. The fourth-order valence-corrected chi connectivity index (χ4v) is 3.56. The standard InChI is InChI=1S/C18H24N2O3/c21-16-8-4-5-11-20(16)15-9-12-19(13-10-15)18(23)17(22)14-6-2-1-3-7-14/h1-3,6-7,15,17,22H,4-5,8-13H2. The van der Waals surface area contributed by atoms with Crippen molar-refractivity contribution < 1.29 is 14.7 Å². The lowest BCUT2D eigenvalue weighted by Crippen LogP contribution is -2.50. The molecule has 1 aromatic rings. The van der Waals surface area contributed by atoms with E-state index < -0.39 is 6.10 Å². The summed E-state index contributed by atoms with van der Waals surface area (Å²) in [6.45, 7) is 2.07. The number of amides is 2. The SMILES string of the molecule is O=C(C(O)c1ccccc1)N1CCC(N2CCCCC2=O)CC1. The monoisotopic (exact) mass is 316 g/mol. The highest BCUT2D eigenvalue weighted by atomic mass is 16.3. The van der Waals surface area contributed by atoms with Crippen LogP contribution >= 0.6 is 0 Å². The molecule has 0 bridgehead atoms. The number of nitrogens with zero attached hydrogens (tertiary/aromatic N) is 2. The number of carbonyl (C=O) groups excluding carboxylic acids is 2. The van der Waals surface area contributed by atoms with Crippen molar-refractivity contribution in [3.63, 3.8) is 0 Å². The van der Waals surface area contributed by atoms with Crippen LogP contribution in [0, 0.1) is 0 Å². The van der Waals surface area contributed by atoms with E-state index in [0.29, 0.717) is 25.1 Å². The van der Waals surface area contributed by atoms with Crippen LogP contribution in [0.25, 0.3) is 0 Å². The molecule has 2 aliphatic rings. The topological polar surface area (TPSA) is 60.9 Å². The van der Waals surface area contributed by atoms with E-state index in [9.17, 15) is 14.7 Å². The number of rotatable bonds is 3. The van der Waals surface area contributed by atoms with Gasteiger partial charge in [-0.2, -0.15) is 0 Å². The van der Waals surface area contributed by atoms with Crippen LogP contribution in [0.3, 0.4) is 0 Å². The Bertz CT molecular complexity index is 553. The van der Waals surface area contributed by atoms with Crippen LogP contribution in [0.1, 0.15) is 43.8 Å². The van der Waals surface area contributed by atoms with Gasteiger partial charge in [0, 0.05) is 32.1 Å². The Balaban J connectivity index is 1.56. The highest BCUT2D eigenvalue weighted by molar-refractivity contribution is 5.82. The summed E-state index contributed by atoms with van der Waals surface area (Å²) in [5, 5.41) is 10.2. The molecule has 5 heteroatoms. The van der Waals surface area contributed by atoms with E-state index in [2.05, 4.69) is 0 Å². The molecule has 124 valence electrons. The van der Waals surface area contributed by atoms with Crippen LogP contribution in [0.4, 0.5) is 0 Å². The summed E-state index contributed by atoms with van der Waals surface area (Å²) in [5.74, 6) is 0.0185. The van der Waals surface area contributed by atoms with E-state index in [1.165, 1.54) is 0 Å². The quantitative estimate of drug-likeness (QED) is 0.924. The molecule has 0 saturated carbocycles. The van der Waals surface area contributed by atoms with Gasteiger partial charge < -0.3 is 14.9 Å². The van der Waals surface area contributed by atoms with E-state index in [0.717, 1.165) is 32.2 Å². The predicted molar refractivity (Wildman–Crippen MR) is 86.6 cm³/mol. The lowest BCUT2D eigenvalue weighted by Gasteiger charge is -2.40. The Morgan fingerprint density at radius 1 is 1.09 bits per heavy atom. The molecule has 2 saturated heterocycles. The molecule has 1 unspecified atom stereocenters. The molecule has 2 heterocycles. The zero-order valence-corrected chi connectivity index (χ0v) is 13.4. The molecule has 1 N–H and O–H groups in total. The van der Waals surface area contributed by atoms with Gasteiger partial charge in [-0.1, -0.05) is 30.3 Å². The number of piperidine rings is 2. The first-order valence-electron chi connectivity index (χ1n) is 8.48. The number of carbonyl (C=O) groups is 2. The van der Waals surface area contributed by atoms with Crippen molar-refractivity contribution in [3.8, 4) is 0 Å². The average molecular weight is 316 g/mol. The Labute approximate surface area is 136 Å². The summed E-state index contributed by atoms with van der Waals surface area (Å²) < 4.78 is 0. The van der Waals surface area contributed by atoms with Gasteiger partial charge in [-0.3, -0.25) is 9.59 Å². The Morgan fingerprint density at radius 3 is 2.43 bits per heavy atom. The van der Waals surface area contributed by atoms with Crippen molar-refractivity contribution in [3.05, 3.63) is 35.9 Å². The molecular formula is C18H24N2O3. The number of benzene rings is 1. The summed E-state index contributed by atoms with van der Waals surface area (Å²) >= 11 is 0. The lowest BCUT2D eigenvalue weighted by atomic mass is 9.98. The minimum Gasteiger partial charge on any atom is -0.378 e. The van der Waals surface area contributed by atoms with Gasteiger partial charge in [0.1, 0.15) is 0 Å². The highest BCUT2D eigenvalue weighted by Gasteiger charge is 2.32. The zero-order valence-electron chi connectivity index (χ0n) is 13.4. The maximum Gasteiger partial charge on any atom is 0.256 e. The van der Waals surface area contributed by atoms with Crippen molar-refractivity contribution in [2.45, 2.75) is 44.2 Å². The molecule has 1 atom stereocenters. The van der Waals surface area contributed by atoms with Gasteiger partial charge in [0.05, 0.1) is 0 Å². The smallest absolute Gasteiger partial charge is 0.256 e. The van der Waals surface area contributed by atoms with Gasteiger partial charge in [0.15, 0.2) is 6.10 Å². The Kier molecular flexibility index (Phi) is 4.96. The van der Waals surface area contributed by atoms with Crippen LogP contribution < -0.4 is 0 Å². The first kappa shape index (κ1) is 16.0. The van der Waals surface area contributed by atoms with Crippen LogP contribution in [0.15, 0.2) is 30.3 Å². The van der Waals surface area contributed by atoms with Crippen LogP contribution in [-0.2, 0) is 9.59 Å². The number of aliphatic hydroxyl groups is 1. The minimum absolute atomic E-state index is 0.236. The Hall–Kier alpha value is -1.88. The number of likely N-dealkylation sites (tertiary alicyclic amines) is 2. The van der Waals surface area contributed by atoms with E-state index in [1.807, 2.05) is 23.1 Å². The lowest BCUT2D eigenvalue weighted by molar-refractivity contribution is -0.143.